The van der Waals surface area contributed by atoms with Crippen LogP contribution in [0.3, 0.4) is 0 Å². The van der Waals surface area contributed by atoms with Crippen LogP contribution in [-0.4, -0.2) is 111 Å². The van der Waals surface area contributed by atoms with Crippen molar-refractivity contribution in [2.75, 3.05) is 13.2 Å². The monoisotopic (exact) mass is 692 g/mol. The third-order valence-corrected chi connectivity index (χ3v) is 8.25. The van der Waals surface area contributed by atoms with Gasteiger partial charge in [0, 0.05) is 12.8 Å². The number of ketones is 1. The summed E-state index contributed by atoms with van der Waals surface area (Å²) in [6.07, 6.45) is 19.7. The van der Waals surface area contributed by atoms with Crippen molar-refractivity contribution in [2.45, 2.75) is 146 Å². The lowest BCUT2D eigenvalue weighted by Gasteiger charge is -2.46. The van der Waals surface area contributed by atoms with Crippen LogP contribution in [0, 0.1) is 0 Å². The molecule has 0 aromatic heterocycles. The van der Waals surface area contributed by atoms with Gasteiger partial charge >= 0.3 is 0 Å². The predicted molar refractivity (Wildman–Crippen MR) is 187 cm³/mol. The van der Waals surface area contributed by atoms with E-state index < -0.39 is 68.0 Å². The Morgan fingerprint density at radius 1 is 0.612 bits per heavy atom. The fourth-order valence-corrected chi connectivity index (χ4v) is 5.35. The van der Waals surface area contributed by atoms with E-state index in [9.17, 15) is 35.4 Å². The minimum Gasteiger partial charge on any atom is -0.394 e. The molecule has 0 amide bonds. The number of carbonyl (C=O) groups is 1. The molecule has 0 aliphatic carbocycles. The topological polar surface area (TPSA) is 175 Å². The van der Waals surface area contributed by atoms with Crippen molar-refractivity contribution in [2.24, 2.45) is 0 Å². The maximum Gasteiger partial charge on any atom is 0.187 e. The summed E-state index contributed by atoms with van der Waals surface area (Å²) < 4.78 is 22.5. The van der Waals surface area contributed by atoms with Crippen LogP contribution in [-0.2, 0) is 23.7 Å². The fraction of sp³-hybridized carbons (Fsp3) is 0.658. The first kappa shape index (κ1) is 42.9. The number of allylic oxidation sites excluding steroid dienone is 12. The fourth-order valence-electron chi connectivity index (χ4n) is 5.35. The number of aliphatic hydroxyl groups is 6. The van der Waals surface area contributed by atoms with Gasteiger partial charge in [0.15, 0.2) is 12.6 Å². The highest BCUT2D eigenvalue weighted by Gasteiger charge is 2.50. The number of Topliss-reactive ketones (excluding diaryl/α,β-unsaturated/α-hetero) is 1. The van der Waals surface area contributed by atoms with Crippen molar-refractivity contribution in [3.05, 3.63) is 72.9 Å². The third-order valence-electron chi connectivity index (χ3n) is 8.25. The molecular weight excluding hydrogens is 632 g/mol. The van der Waals surface area contributed by atoms with E-state index >= 15 is 0 Å². The Hall–Kier alpha value is -2.29. The summed E-state index contributed by atoms with van der Waals surface area (Å²) >= 11 is 0. The molecule has 2 rings (SSSR count). The number of aliphatic hydroxyl groups excluding tert-OH is 6. The number of hydrogen-bond donors (Lipinski definition) is 6. The average molecular weight is 693 g/mol. The van der Waals surface area contributed by atoms with Crippen LogP contribution in [0.25, 0.3) is 0 Å². The predicted octanol–water partition coefficient (Wildman–Crippen LogP) is 3.87. The summed E-state index contributed by atoms with van der Waals surface area (Å²) in [5.74, 6) is 0.0962. The molecule has 0 unspecified atom stereocenters. The highest BCUT2D eigenvalue weighted by Crippen LogP contribution is 2.30. The molecule has 0 aromatic rings. The molecule has 11 nitrogen and oxygen atoms in total. The lowest BCUT2D eigenvalue weighted by Crippen LogP contribution is -2.64. The number of ether oxygens (including phenoxy) is 4. The summed E-state index contributed by atoms with van der Waals surface area (Å²) in [4.78, 5) is 12.3. The lowest BCUT2D eigenvalue weighted by atomic mass is 9.96. The first-order valence-electron chi connectivity index (χ1n) is 17.8. The van der Waals surface area contributed by atoms with Crippen molar-refractivity contribution in [3.8, 4) is 0 Å². The molecule has 2 saturated heterocycles. The molecule has 2 aliphatic rings. The van der Waals surface area contributed by atoms with Crippen LogP contribution < -0.4 is 0 Å². The maximum atomic E-state index is 12.3. The van der Waals surface area contributed by atoms with Crippen molar-refractivity contribution in [3.63, 3.8) is 0 Å². The Labute approximate surface area is 291 Å². The lowest BCUT2D eigenvalue weighted by molar-refractivity contribution is -0.358. The first-order valence-corrected chi connectivity index (χ1v) is 17.8. The standard InChI is InChI=1S/C38H60O11/c1-3-5-6-7-8-9-10-11-12-13-14-15-16-17-18-19-20-21-22-24-28(40)25-23-26-46-37-35(45)36(32(42)29(4-2)47-37)49-38-34(44)33(43)31(41)30(27-39)48-38/h5-6,8-9,11-12,14-15,17-18,20-21,29-39,41-45H,3-4,7,10,13,16,19,22-27H2,1-2H3/b6-5-,9-8-,12-11-,15-14-,18-17-,21-20-/t29-,30-,31-,32-,33+,34-,35-,36+,37-,38+/m1/s1. The second-order valence-corrected chi connectivity index (χ2v) is 12.2. The number of carbonyl (C=O) groups excluding carboxylic acids is 1. The number of hydrogen-bond acceptors (Lipinski definition) is 11. The van der Waals surface area contributed by atoms with E-state index in [2.05, 4.69) is 67.7 Å². The van der Waals surface area contributed by atoms with Crippen molar-refractivity contribution in [1.29, 1.82) is 0 Å². The zero-order valence-corrected chi connectivity index (χ0v) is 29.1. The maximum absolute atomic E-state index is 12.3. The Kier molecular flexibility index (Phi) is 22.4. The zero-order valence-electron chi connectivity index (χ0n) is 29.1. The molecule has 2 heterocycles. The summed E-state index contributed by atoms with van der Waals surface area (Å²) in [6.45, 7) is 3.38. The van der Waals surface area contributed by atoms with Gasteiger partial charge in [-0.2, -0.15) is 0 Å². The Morgan fingerprint density at radius 2 is 1.14 bits per heavy atom. The summed E-state index contributed by atoms with van der Waals surface area (Å²) in [5.41, 5.74) is 0. The molecule has 0 spiro atoms. The van der Waals surface area contributed by atoms with Crippen LogP contribution in [0.2, 0.25) is 0 Å². The minimum absolute atomic E-state index is 0.0962. The second kappa shape index (κ2) is 25.6. The summed E-state index contributed by atoms with van der Waals surface area (Å²) in [5, 5.41) is 61.5. The van der Waals surface area contributed by atoms with Gasteiger partial charge in [0.05, 0.1) is 19.3 Å². The Bertz CT molecular complexity index is 1070. The van der Waals surface area contributed by atoms with Crippen LogP contribution in [0.1, 0.15) is 84.5 Å². The Morgan fingerprint density at radius 3 is 1.67 bits per heavy atom. The van der Waals surface area contributed by atoms with Crippen LogP contribution >= 0.6 is 0 Å². The van der Waals surface area contributed by atoms with Crippen LogP contribution in [0.15, 0.2) is 72.9 Å². The summed E-state index contributed by atoms with van der Waals surface area (Å²) in [7, 11) is 0. The van der Waals surface area contributed by atoms with Gasteiger partial charge in [0.25, 0.3) is 0 Å². The van der Waals surface area contributed by atoms with Crippen LogP contribution in [0.4, 0.5) is 0 Å². The van der Waals surface area contributed by atoms with Gasteiger partial charge in [0.2, 0.25) is 0 Å². The minimum atomic E-state index is -1.70. The molecular formula is C38H60O11. The van der Waals surface area contributed by atoms with E-state index in [1.807, 2.05) is 12.2 Å². The first-order chi connectivity index (χ1) is 23.7. The molecule has 2 aliphatic heterocycles. The molecule has 0 aromatic carbocycles. The van der Waals surface area contributed by atoms with Gasteiger partial charge in [-0.25, -0.2) is 0 Å². The average Bonchev–Trinajstić information content (AvgIpc) is 3.10. The molecule has 278 valence electrons. The van der Waals surface area contributed by atoms with Gasteiger partial charge in [-0.1, -0.05) is 86.8 Å². The summed E-state index contributed by atoms with van der Waals surface area (Å²) in [6, 6.07) is 0. The van der Waals surface area contributed by atoms with E-state index in [0.717, 1.165) is 38.5 Å². The molecule has 6 N–H and O–H groups in total. The SMILES string of the molecule is CC/C=C\C/C=C\C/C=C\C/C=C\C/C=C\C/C=C\CCC(=O)CCCO[C@@H]1O[C@H](CC)[C@@H](O)[C@H](O[C@@H]2O[C@H](CO)[C@@H](O)[C@H](O)[C@H]2O)[C@H]1O. The molecule has 49 heavy (non-hydrogen) atoms. The quantitative estimate of drug-likeness (QED) is 0.0678. The highest BCUT2D eigenvalue weighted by atomic mass is 16.7. The normalized spacial score (nSPS) is 31.5. The van der Waals surface area contributed by atoms with E-state index in [1.165, 1.54) is 0 Å². The molecule has 11 heteroatoms. The van der Waals surface area contributed by atoms with E-state index in [-0.39, 0.29) is 12.4 Å². The van der Waals surface area contributed by atoms with E-state index in [0.29, 0.717) is 32.1 Å². The smallest absolute Gasteiger partial charge is 0.187 e. The zero-order chi connectivity index (χ0) is 35.9. The highest BCUT2D eigenvalue weighted by molar-refractivity contribution is 5.78. The largest absolute Gasteiger partial charge is 0.394 e. The number of rotatable bonds is 23. The molecule has 0 saturated carbocycles. The van der Waals surface area contributed by atoms with Crippen LogP contribution in [0.5, 0.6) is 0 Å². The van der Waals surface area contributed by atoms with Gasteiger partial charge < -0.3 is 49.6 Å². The molecule has 10 atom stereocenters. The van der Waals surface area contributed by atoms with Crippen molar-refractivity contribution < 1.29 is 54.4 Å². The van der Waals surface area contributed by atoms with Crippen molar-refractivity contribution >= 4 is 5.78 Å². The van der Waals surface area contributed by atoms with Gasteiger partial charge in [-0.15, -0.1) is 0 Å². The van der Waals surface area contributed by atoms with Crippen molar-refractivity contribution in [1.82, 2.24) is 0 Å². The van der Waals surface area contributed by atoms with Gasteiger partial charge in [-0.05, 0) is 57.8 Å². The van der Waals surface area contributed by atoms with Gasteiger partial charge in [-0.3, -0.25) is 4.79 Å². The van der Waals surface area contributed by atoms with E-state index in [4.69, 9.17) is 18.9 Å². The molecule has 0 bridgehead atoms. The Balaban J connectivity index is 1.61. The molecule has 2 fully saturated rings. The second-order valence-electron chi connectivity index (χ2n) is 12.2. The van der Waals surface area contributed by atoms with E-state index in [1.54, 1.807) is 6.92 Å². The molecule has 0 radical (unpaired) electrons. The van der Waals surface area contributed by atoms with Gasteiger partial charge in [0.1, 0.15) is 48.5 Å². The third kappa shape index (κ3) is 16.1.